The van der Waals surface area contributed by atoms with Crippen LogP contribution >= 0.6 is 0 Å². The Labute approximate surface area is 98.3 Å². The fourth-order valence-corrected chi connectivity index (χ4v) is 1.45. The van der Waals surface area contributed by atoms with E-state index in [1.54, 1.807) is 24.5 Å². The summed E-state index contributed by atoms with van der Waals surface area (Å²) in [6.07, 6.45) is 6.20. The van der Waals surface area contributed by atoms with E-state index in [-0.39, 0.29) is 0 Å². The first kappa shape index (κ1) is 11.4. The molecule has 0 unspecified atom stereocenters. The van der Waals surface area contributed by atoms with E-state index in [2.05, 4.69) is 9.97 Å². The fraction of sp³-hybridized carbons (Fsp3) is 0.0769. The summed E-state index contributed by atoms with van der Waals surface area (Å²) in [7, 11) is 0. The maximum absolute atomic E-state index is 12.8. The third-order valence-electron chi connectivity index (χ3n) is 2.28. The molecule has 3 nitrogen and oxygen atoms in total. The minimum Gasteiger partial charge on any atom is -0.389 e. The van der Waals surface area contributed by atoms with Crippen LogP contribution in [0, 0.1) is 0 Å². The van der Waals surface area contributed by atoms with Crippen LogP contribution in [0.2, 0.25) is 0 Å². The Morgan fingerprint density at radius 3 is 2.35 bits per heavy atom. The van der Waals surface area contributed by atoms with Gasteiger partial charge in [-0.25, -0.2) is 14.4 Å². The topological polar surface area (TPSA) is 46.0 Å². The Bertz CT molecular complexity index is 509. The van der Waals surface area contributed by atoms with Gasteiger partial charge in [0.2, 0.25) is 0 Å². The van der Waals surface area contributed by atoms with Crippen LogP contribution in [0.25, 0.3) is 17.2 Å². The second kappa shape index (κ2) is 5.32. The van der Waals surface area contributed by atoms with Crippen molar-refractivity contribution >= 4 is 6.08 Å². The zero-order valence-corrected chi connectivity index (χ0v) is 9.05. The molecule has 86 valence electrons. The first-order valence-electron chi connectivity index (χ1n) is 5.12. The number of aliphatic hydroxyl groups excluding tert-OH is 1. The van der Waals surface area contributed by atoms with Crippen molar-refractivity contribution in [3.63, 3.8) is 0 Å². The van der Waals surface area contributed by atoms with Crippen LogP contribution in [-0.2, 0) is 0 Å². The summed E-state index contributed by atoms with van der Waals surface area (Å²) in [5.41, 5.74) is 2.58. The van der Waals surface area contributed by atoms with Gasteiger partial charge in [-0.1, -0.05) is 24.3 Å². The van der Waals surface area contributed by atoms with Gasteiger partial charge in [-0.05, 0) is 17.2 Å². The van der Waals surface area contributed by atoms with Gasteiger partial charge in [0.25, 0.3) is 0 Å². The summed E-state index contributed by atoms with van der Waals surface area (Å²) < 4.78 is 12.8. The Morgan fingerprint density at radius 2 is 1.76 bits per heavy atom. The van der Waals surface area contributed by atoms with Crippen molar-refractivity contribution in [2.45, 2.75) is 0 Å². The molecule has 0 saturated heterocycles. The van der Waals surface area contributed by atoms with E-state index in [1.807, 2.05) is 12.1 Å². The van der Waals surface area contributed by atoms with E-state index < -0.39 is 12.4 Å². The maximum atomic E-state index is 12.8. The van der Waals surface area contributed by atoms with Crippen LogP contribution in [0.15, 0.2) is 48.8 Å². The molecule has 0 fully saturated rings. The van der Waals surface area contributed by atoms with Crippen LogP contribution < -0.4 is 0 Å². The quantitative estimate of drug-likeness (QED) is 0.880. The largest absolute Gasteiger partial charge is 0.389 e. The second-order valence-corrected chi connectivity index (χ2v) is 3.50. The molecule has 17 heavy (non-hydrogen) atoms. The van der Waals surface area contributed by atoms with Gasteiger partial charge < -0.3 is 5.11 Å². The molecule has 1 N–H and O–H groups in total. The molecule has 1 aromatic heterocycles. The van der Waals surface area contributed by atoms with Gasteiger partial charge in [0.1, 0.15) is 12.2 Å². The summed E-state index contributed by atoms with van der Waals surface area (Å²) in [6, 6.07) is 7.26. The number of rotatable bonds is 3. The molecule has 0 aliphatic carbocycles. The SMILES string of the molecule is OCC(F)=Cc1ccc(-c2cncnc2)cc1. The van der Waals surface area contributed by atoms with Crippen molar-refractivity contribution < 1.29 is 9.50 Å². The standard InChI is InChI=1S/C13H11FN2O/c14-13(8-17)5-10-1-3-11(4-2-10)12-6-15-9-16-7-12/h1-7,9,17H,8H2. The van der Waals surface area contributed by atoms with Gasteiger partial charge in [0.05, 0.1) is 6.61 Å². The second-order valence-electron chi connectivity index (χ2n) is 3.50. The van der Waals surface area contributed by atoms with Gasteiger partial charge in [-0.2, -0.15) is 0 Å². The number of hydrogen-bond acceptors (Lipinski definition) is 3. The molecule has 0 aliphatic rings. The smallest absolute Gasteiger partial charge is 0.126 e. The number of benzene rings is 1. The molecule has 0 atom stereocenters. The number of hydrogen-bond donors (Lipinski definition) is 1. The first-order valence-corrected chi connectivity index (χ1v) is 5.12. The molecule has 2 rings (SSSR count). The van der Waals surface area contributed by atoms with Gasteiger partial charge in [-0.15, -0.1) is 0 Å². The summed E-state index contributed by atoms with van der Waals surface area (Å²) in [4.78, 5) is 7.86. The lowest BCUT2D eigenvalue weighted by molar-refractivity contribution is 0.300. The average molecular weight is 230 g/mol. The molecule has 0 spiro atoms. The van der Waals surface area contributed by atoms with Crippen LogP contribution in [-0.4, -0.2) is 21.7 Å². The Balaban J connectivity index is 2.25. The molecule has 0 saturated carbocycles. The lowest BCUT2D eigenvalue weighted by atomic mass is 10.1. The van der Waals surface area contributed by atoms with E-state index in [0.717, 1.165) is 11.1 Å². The number of nitrogens with zero attached hydrogens (tertiary/aromatic N) is 2. The Morgan fingerprint density at radius 1 is 1.12 bits per heavy atom. The van der Waals surface area contributed by atoms with Crippen molar-refractivity contribution in [1.82, 2.24) is 9.97 Å². The molecule has 4 heteroatoms. The Kier molecular flexibility index (Phi) is 3.57. The van der Waals surface area contributed by atoms with E-state index in [9.17, 15) is 4.39 Å². The van der Waals surface area contributed by atoms with Crippen molar-refractivity contribution in [3.8, 4) is 11.1 Å². The zero-order chi connectivity index (χ0) is 12.1. The minimum atomic E-state index is -0.575. The zero-order valence-electron chi connectivity index (χ0n) is 9.05. The predicted molar refractivity (Wildman–Crippen MR) is 63.6 cm³/mol. The molecule has 1 aromatic carbocycles. The highest BCUT2D eigenvalue weighted by Gasteiger charge is 1.98. The lowest BCUT2D eigenvalue weighted by Gasteiger charge is -2.01. The van der Waals surface area contributed by atoms with Crippen molar-refractivity contribution in [2.75, 3.05) is 6.61 Å². The molecule has 0 aliphatic heterocycles. The van der Waals surface area contributed by atoms with E-state index in [4.69, 9.17) is 5.11 Å². The highest BCUT2D eigenvalue weighted by atomic mass is 19.1. The Hall–Kier alpha value is -2.07. The molecule has 0 amide bonds. The highest BCUT2D eigenvalue weighted by Crippen LogP contribution is 2.18. The molecule has 0 radical (unpaired) electrons. The third kappa shape index (κ3) is 2.95. The van der Waals surface area contributed by atoms with Gasteiger partial charge in [0.15, 0.2) is 0 Å². The van der Waals surface area contributed by atoms with E-state index in [0.29, 0.717) is 5.56 Å². The van der Waals surface area contributed by atoms with Crippen molar-refractivity contribution in [3.05, 3.63) is 54.4 Å². The van der Waals surface area contributed by atoms with Gasteiger partial charge in [0, 0.05) is 18.0 Å². The molecular weight excluding hydrogens is 219 g/mol. The van der Waals surface area contributed by atoms with Crippen molar-refractivity contribution in [1.29, 1.82) is 0 Å². The summed E-state index contributed by atoms with van der Waals surface area (Å²) >= 11 is 0. The van der Waals surface area contributed by atoms with Crippen LogP contribution in [0.1, 0.15) is 5.56 Å². The van der Waals surface area contributed by atoms with Gasteiger partial charge in [-0.3, -0.25) is 0 Å². The first-order chi connectivity index (χ1) is 8.29. The number of halogens is 1. The predicted octanol–water partition coefficient (Wildman–Crippen LogP) is 2.45. The molecular formula is C13H11FN2O. The van der Waals surface area contributed by atoms with Crippen LogP contribution in [0.5, 0.6) is 0 Å². The fourth-order valence-electron chi connectivity index (χ4n) is 1.45. The van der Waals surface area contributed by atoms with E-state index >= 15 is 0 Å². The average Bonchev–Trinajstić information content (AvgIpc) is 2.40. The summed E-state index contributed by atoms with van der Waals surface area (Å²) in [5.74, 6) is -0.555. The molecule has 0 bridgehead atoms. The number of aromatic nitrogens is 2. The minimum absolute atomic E-state index is 0.555. The summed E-state index contributed by atoms with van der Waals surface area (Å²) in [5, 5.41) is 8.57. The summed E-state index contributed by atoms with van der Waals surface area (Å²) in [6.45, 7) is -0.575. The molecule has 1 heterocycles. The molecule has 2 aromatic rings. The van der Waals surface area contributed by atoms with Crippen molar-refractivity contribution in [2.24, 2.45) is 0 Å². The van der Waals surface area contributed by atoms with Gasteiger partial charge >= 0.3 is 0 Å². The normalized spacial score (nSPS) is 11.5. The van der Waals surface area contributed by atoms with E-state index in [1.165, 1.54) is 12.4 Å². The van der Waals surface area contributed by atoms with Crippen LogP contribution in [0.3, 0.4) is 0 Å². The lowest BCUT2D eigenvalue weighted by Crippen LogP contribution is -1.84. The number of aliphatic hydroxyl groups is 1. The monoisotopic (exact) mass is 230 g/mol. The highest BCUT2D eigenvalue weighted by molar-refractivity contribution is 5.64. The maximum Gasteiger partial charge on any atom is 0.126 e. The third-order valence-corrected chi connectivity index (χ3v) is 2.28. The van der Waals surface area contributed by atoms with Crippen LogP contribution in [0.4, 0.5) is 4.39 Å².